The van der Waals surface area contributed by atoms with Gasteiger partial charge in [0.1, 0.15) is 6.10 Å². The molecule has 2 bridgehead atoms. The first-order valence-corrected chi connectivity index (χ1v) is 7.72. The highest BCUT2D eigenvalue weighted by molar-refractivity contribution is 5.89. The zero-order chi connectivity index (χ0) is 15.7. The molecule has 0 amide bonds. The Hall–Kier alpha value is -2.04. The van der Waals surface area contributed by atoms with E-state index in [-0.39, 0.29) is 18.0 Å². The number of carbonyl (C=O) groups is 2. The highest BCUT2D eigenvalue weighted by atomic mass is 16.5. The summed E-state index contributed by atoms with van der Waals surface area (Å²) in [7, 11) is 1.39. The van der Waals surface area contributed by atoms with Gasteiger partial charge in [-0.25, -0.2) is 4.79 Å². The standard InChI is InChI=1S/C17H21NO4/c1-11(19)22-16-9-14-7-8-15(10-16)18(14)13-5-3-12(4-6-13)17(20)21-2/h3-6,14-16H,7-10H2,1-2H3/t14-,15+,16?. The Morgan fingerprint density at radius 1 is 1.09 bits per heavy atom. The van der Waals surface area contributed by atoms with Gasteiger partial charge in [0.2, 0.25) is 0 Å². The minimum absolute atomic E-state index is 0.0422. The largest absolute Gasteiger partial charge is 0.465 e. The number of benzene rings is 1. The lowest BCUT2D eigenvalue weighted by Gasteiger charge is -2.40. The van der Waals surface area contributed by atoms with Gasteiger partial charge in [0.15, 0.2) is 0 Å². The number of rotatable bonds is 3. The molecule has 1 aromatic carbocycles. The van der Waals surface area contributed by atoms with Crippen molar-refractivity contribution >= 4 is 17.6 Å². The second-order valence-corrected chi connectivity index (χ2v) is 6.03. The van der Waals surface area contributed by atoms with E-state index in [0.717, 1.165) is 31.4 Å². The highest BCUT2D eigenvalue weighted by Crippen LogP contribution is 2.40. The van der Waals surface area contributed by atoms with Crippen molar-refractivity contribution in [1.29, 1.82) is 0 Å². The van der Waals surface area contributed by atoms with Crippen molar-refractivity contribution in [3.05, 3.63) is 29.8 Å². The molecule has 0 N–H and O–H groups in total. The van der Waals surface area contributed by atoms with Gasteiger partial charge in [-0.3, -0.25) is 4.79 Å². The molecule has 3 rings (SSSR count). The molecule has 5 heteroatoms. The zero-order valence-corrected chi connectivity index (χ0v) is 13.0. The number of ether oxygens (including phenoxy) is 2. The number of anilines is 1. The molecule has 0 radical (unpaired) electrons. The quantitative estimate of drug-likeness (QED) is 0.803. The van der Waals surface area contributed by atoms with Gasteiger partial charge in [-0.15, -0.1) is 0 Å². The maximum atomic E-state index is 11.5. The summed E-state index contributed by atoms with van der Waals surface area (Å²) in [4.78, 5) is 25.1. The number of hydrogen-bond donors (Lipinski definition) is 0. The Kier molecular flexibility index (Phi) is 4.05. The van der Waals surface area contributed by atoms with Crippen molar-refractivity contribution in [2.75, 3.05) is 12.0 Å². The molecule has 0 spiro atoms. The van der Waals surface area contributed by atoms with E-state index in [2.05, 4.69) is 4.90 Å². The van der Waals surface area contributed by atoms with Gasteiger partial charge in [0.25, 0.3) is 0 Å². The van der Waals surface area contributed by atoms with E-state index in [1.165, 1.54) is 14.0 Å². The molecule has 2 aliphatic rings. The third-order valence-electron chi connectivity index (χ3n) is 4.61. The van der Waals surface area contributed by atoms with Gasteiger partial charge in [0, 0.05) is 37.5 Å². The lowest BCUT2D eigenvalue weighted by Crippen LogP contribution is -2.46. The maximum absolute atomic E-state index is 11.5. The number of carbonyl (C=O) groups excluding carboxylic acids is 2. The lowest BCUT2D eigenvalue weighted by molar-refractivity contribution is -0.147. The van der Waals surface area contributed by atoms with E-state index in [1.807, 2.05) is 12.1 Å². The molecule has 2 fully saturated rings. The van der Waals surface area contributed by atoms with Crippen LogP contribution in [-0.4, -0.2) is 37.2 Å². The molecular weight excluding hydrogens is 282 g/mol. The van der Waals surface area contributed by atoms with Gasteiger partial charge >= 0.3 is 11.9 Å². The molecule has 1 aromatic rings. The van der Waals surface area contributed by atoms with Crippen molar-refractivity contribution < 1.29 is 19.1 Å². The summed E-state index contributed by atoms with van der Waals surface area (Å²) in [6.07, 6.45) is 4.06. The van der Waals surface area contributed by atoms with Gasteiger partial charge in [0.05, 0.1) is 12.7 Å². The summed E-state index contributed by atoms with van der Waals surface area (Å²) in [6, 6.07) is 8.38. The molecule has 2 aliphatic heterocycles. The fraction of sp³-hybridized carbons (Fsp3) is 0.529. The first-order chi connectivity index (χ1) is 10.6. The SMILES string of the molecule is COC(=O)c1ccc(N2[C@@H]3CC[C@H]2CC(OC(C)=O)C3)cc1. The van der Waals surface area contributed by atoms with Crippen molar-refractivity contribution in [3.8, 4) is 0 Å². The fourth-order valence-electron chi connectivity index (χ4n) is 3.77. The van der Waals surface area contributed by atoms with E-state index >= 15 is 0 Å². The highest BCUT2D eigenvalue weighted by Gasteiger charge is 2.41. The van der Waals surface area contributed by atoms with Crippen LogP contribution in [0.15, 0.2) is 24.3 Å². The minimum Gasteiger partial charge on any atom is -0.465 e. The van der Waals surface area contributed by atoms with Gasteiger partial charge in [-0.1, -0.05) is 0 Å². The van der Waals surface area contributed by atoms with Crippen LogP contribution in [-0.2, 0) is 14.3 Å². The van der Waals surface area contributed by atoms with Crippen LogP contribution < -0.4 is 4.90 Å². The molecule has 0 aliphatic carbocycles. The Bertz CT molecular complexity index is 555. The van der Waals surface area contributed by atoms with Crippen LogP contribution in [0.2, 0.25) is 0 Å². The fourth-order valence-corrected chi connectivity index (χ4v) is 3.77. The number of methoxy groups -OCH3 is 1. The molecule has 3 atom stereocenters. The van der Waals surface area contributed by atoms with Crippen molar-refractivity contribution in [2.24, 2.45) is 0 Å². The predicted molar refractivity (Wildman–Crippen MR) is 81.9 cm³/mol. The van der Waals surface area contributed by atoms with E-state index < -0.39 is 0 Å². The number of piperidine rings is 1. The normalized spacial score (nSPS) is 26.6. The summed E-state index contributed by atoms with van der Waals surface area (Å²) in [5.41, 5.74) is 1.69. The zero-order valence-electron chi connectivity index (χ0n) is 13.0. The second kappa shape index (κ2) is 5.99. The first kappa shape index (κ1) is 14.9. The molecule has 0 aromatic heterocycles. The number of nitrogens with zero attached hydrogens (tertiary/aromatic N) is 1. The number of fused-ring (bicyclic) bond motifs is 2. The number of hydrogen-bond acceptors (Lipinski definition) is 5. The molecule has 0 saturated carbocycles. The van der Waals surface area contributed by atoms with Gasteiger partial charge < -0.3 is 14.4 Å². The third kappa shape index (κ3) is 2.80. The first-order valence-electron chi connectivity index (χ1n) is 7.72. The topological polar surface area (TPSA) is 55.8 Å². The lowest BCUT2D eigenvalue weighted by atomic mass is 9.98. The minimum atomic E-state index is -0.317. The monoisotopic (exact) mass is 303 g/mol. The summed E-state index contributed by atoms with van der Waals surface area (Å²) < 4.78 is 10.1. The Balaban J connectivity index is 1.74. The maximum Gasteiger partial charge on any atom is 0.337 e. The van der Waals surface area contributed by atoms with E-state index in [9.17, 15) is 9.59 Å². The smallest absolute Gasteiger partial charge is 0.337 e. The average Bonchev–Trinajstić information content (AvgIpc) is 2.77. The Labute approximate surface area is 130 Å². The van der Waals surface area contributed by atoms with Gasteiger partial charge in [-0.05, 0) is 37.1 Å². The van der Waals surface area contributed by atoms with Crippen LogP contribution in [0.3, 0.4) is 0 Å². The molecule has 118 valence electrons. The van der Waals surface area contributed by atoms with Crippen molar-refractivity contribution in [2.45, 2.75) is 50.8 Å². The van der Waals surface area contributed by atoms with Crippen LogP contribution in [0.4, 0.5) is 5.69 Å². The van der Waals surface area contributed by atoms with Crippen molar-refractivity contribution in [1.82, 2.24) is 0 Å². The average molecular weight is 303 g/mol. The molecule has 2 heterocycles. The second-order valence-electron chi connectivity index (χ2n) is 6.03. The third-order valence-corrected chi connectivity index (χ3v) is 4.61. The summed E-state index contributed by atoms with van der Waals surface area (Å²) >= 11 is 0. The van der Waals surface area contributed by atoms with Gasteiger partial charge in [-0.2, -0.15) is 0 Å². The van der Waals surface area contributed by atoms with E-state index in [1.54, 1.807) is 12.1 Å². The van der Waals surface area contributed by atoms with Crippen LogP contribution >= 0.6 is 0 Å². The summed E-state index contributed by atoms with van der Waals surface area (Å²) in [5, 5.41) is 0. The van der Waals surface area contributed by atoms with Crippen LogP contribution in [0, 0.1) is 0 Å². The molecule has 2 saturated heterocycles. The predicted octanol–water partition coefficient (Wildman–Crippen LogP) is 2.54. The Morgan fingerprint density at radius 2 is 1.68 bits per heavy atom. The number of esters is 2. The van der Waals surface area contributed by atoms with E-state index in [0.29, 0.717) is 17.6 Å². The summed E-state index contributed by atoms with van der Waals surface area (Å²) in [5.74, 6) is -0.511. The summed E-state index contributed by atoms with van der Waals surface area (Å²) in [6.45, 7) is 1.47. The van der Waals surface area contributed by atoms with Crippen LogP contribution in [0.5, 0.6) is 0 Å². The van der Waals surface area contributed by atoms with Crippen LogP contribution in [0.25, 0.3) is 0 Å². The molecule has 1 unspecified atom stereocenters. The van der Waals surface area contributed by atoms with Crippen LogP contribution in [0.1, 0.15) is 43.0 Å². The molecule has 5 nitrogen and oxygen atoms in total. The Morgan fingerprint density at radius 3 is 2.18 bits per heavy atom. The van der Waals surface area contributed by atoms with Crippen molar-refractivity contribution in [3.63, 3.8) is 0 Å². The molecular formula is C17H21NO4. The molecule has 22 heavy (non-hydrogen) atoms. The van der Waals surface area contributed by atoms with E-state index in [4.69, 9.17) is 9.47 Å².